The zero-order valence-corrected chi connectivity index (χ0v) is 11.2. The summed E-state index contributed by atoms with van der Waals surface area (Å²) in [5.41, 5.74) is 4.83. The lowest BCUT2D eigenvalue weighted by Crippen LogP contribution is -2.26. The Balaban J connectivity index is 3.30. The van der Waals surface area contributed by atoms with Gasteiger partial charge in [-0.15, -0.1) is 0 Å². The largest absolute Gasteiger partial charge is 0.456 e. The highest BCUT2D eigenvalue weighted by Gasteiger charge is 2.24. The van der Waals surface area contributed by atoms with E-state index in [0.717, 1.165) is 6.07 Å². The molecule has 0 saturated heterocycles. The maximum absolute atomic E-state index is 11.9. The number of hydrogen-bond donors (Lipinski definition) is 2. The topological polar surface area (TPSA) is 112 Å². The summed E-state index contributed by atoms with van der Waals surface area (Å²) in [7, 11) is -4.04. The van der Waals surface area contributed by atoms with Crippen LogP contribution in [0.4, 0.5) is 5.69 Å². The summed E-state index contributed by atoms with van der Waals surface area (Å²) in [6, 6.07) is 3.83. The van der Waals surface area contributed by atoms with Crippen molar-refractivity contribution in [3.05, 3.63) is 23.8 Å². The molecule has 0 aromatic heterocycles. The van der Waals surface area contributed by atoms with Crippen LogP contribution >= 0.6 is 0 Å². The number of nitrogens with two attached hydrogens (primary N) is 2. The molecule has 0 aliphatic heterocycles. The minimum absolute atomic E-state index is 0.123. The van der Waals surface area contributed by atoms with Crippen molar-refractivity contribution >= 4 is 21.7 Å². The first kappa shape index (κ1) is 14.5. The molecule has 0 heterocycles. The van der Waals surface area contributed by atoms with E-state index in [1.165, 1.54) is 12.1 Å². The van der Waals surface area contributed by atoms with Crippen LogP contribution in [0.2, 0.25) is 0 Å². The lowest BCUT2D eigenvalue weighted by molar-refractivity contribution is 0.00652. The molecule has 0 spiro atoms. The minimum Gasteiger partial charge on any atom is -0.456 e. The second-order valence-electron chi connectivity index (χ2n) is 4.80. The molecule has 7 heteroatoms. The van der Waals surface area contributed by atoms with E-state index in [2.05, 4.69) is 0 Å². The van der Waals surface area contributed by atoms with Crippen molar-refractivity contribution in [2.24, 2.45) is 5.14 Å². The van der Waals surface area contributed by atoms with E-state index in [9.17, 15) is 13.2 Å². The van der Waals surface area contributed by atoms with E-state index in [0.29, 0.717) is 0 Å². The summed E-state index contributed by atoms with van der Waals surface area (Å²) < 4.78 is 27.9. The quantitative estimate of drug-likeness (QED) is 0.612. The van der Waals surface area contributed by atoms with Crippen molar-refractivity contribution in [2.75, 3.05) is 5.73 Å². The number of carbonyl (C=O) groups is 1. The highest BCUT2D eigenvalue weighted by molar-refractivity contribution is 7.89. The molecule has 0 bridgehead atoms. The molecule has 0 amide bonds. The number of carbonyl (C=O) groups excluding carboxylic acids is 1. The number of ether oxygens (including phenoxy) is 1. The van der Waals surface area contributed by atoms with Crippen molar-refractivity contribution in [1.29, 1.82) is 0 Å². The second kappa shape index (κ2) is 4.58. The maximum Gasteiger partial charge on any atom is 0.340 e. The van der Waals surface area contributed by atoms with E-state index in [1.807, 2.05) is 0 Å². The second-order valence-corrected chi connectivity index (χ2v) is 6.33. The monoisotopic (exact) mass is 272 g/mol. The highest BCUT2D eigenvalue weighted by Crippen LogP contribution is 2.21. The molecule has 0 unspecified atom stereocenters. The van der Waals surface area contributed by atoms with Gasteiger partial charge in [0.15, 0.2) is 0 Å². The number of nitrogen functional groups attached to an aromatic ring is 1. The first-order valence-electron chi connectivity index (χ1n) is 5.16. The number of sulfonamides is 1. The highest BCUT2D eigenvalue weighted by atomic mass is 32.2. The molecular weight excluding hydrogens is 256 g/mol. The van der Waals surface area contributed by atoms with Gasteiger partial charge < -0.3 is 10.5 Å². The smallest absolute Gasteiger partial charge is 0.340 e. The van der Waals surface area contributed by atoms with Crippen molar-refractivity contribution in [2.45, 2.75) is 31.3 Å². The molecule has 0 fully saturated rings. The van der Waals surface area contributed by atoms with Gasteiger partial charge in [-0.3, -0.25) is 0 Å². The van der Waals surface area contributed by atoms with Gasteiger partial charge in [0.25, 0.3) is 0 Å². The van der Waals surface area contributed by atoms with Crippen LogP contribution < -0.4 is 10.9 Å². The van der Waals surface area contributed by atoms with Crippen LogP contribution in [0.5, 0.6) is 0 Å². The number of rotatable bonds is 2. The van der Waals surface area contributed by atoms with Gasteiger partial charge in [-0.1, -0.05) is 0 Å². The van der Waals surface area contributed by atoms with Gasteiger partial charge in [-0.25, -0.2) is 18.4 Å². The molecule has 0 aliphatic rings. The fraction of sp³-hybridized carbons (Fsp3) is 0.364. The molecule has 100 valence electrons. The summed E-state index contributed by atoms with van der Waals surface area (Å²) in [6.45, 7) is 5.04. The third-order valence-corrected chi connectivity index (χ3v) is 2.88. The summed E-state index contributed by atoms with van der Waals surface area (Å²) in [4.78, 5) is 11.5. The third-order valence-electron chi connectivity index (χ3n) is 1.93. The van der Waals surface area contributed by atoms with E-state index < -0.39 is 21.6 Å². The molecule has 4 N–H and O–H groups in total. The Morgan fingerprint density at radius 1 is 1.28 bits per heavy atom. The Bertz CT molecular complexity index is 573. The van der Waals surface area contributed by atoms with Gasteiger partial charge in [-0.05, 0) is 39.0 Å². The van der Waals surface area contributed by atoms with Crippen molar-refractivity contribution in [3.63, 3.8) is 0 Å². The van der Waals surface area contributed by atoms with Crippen LogP contribution in [-0.4, -0.2) is 20.0 Å². The van der Waals surface area contributed by atoms with Crippen LogP contribution in [0, 0.1) is 0 Å². The first-order valence-corrected chi connectivity index (χ1v) is 6.71. The molecule has 0 atom stereocenters. The third kappa shape index (κ3) is 3.71. The van der Waals surface area contributed by atoms with E-state index in [-0.39, 0.29) is 16.1 Å². The standard InChI is InChI=1S/C11H16N2O4S/c1-11(2,3)17-10(14)8-5-4-7(12)6-9(8)18(13,15)16/h4-6H,12H2,1-3H3,(H2,13,15,16). The fourth-order valence-corrected chi connectivity index (χ4v) is 2.03. The molecule has 1 rings (SSSR count). The molecular formula is C11H16N2O4S. The average molecular weight is 272 g/mol. The maximum atomic E-state index is 11.9. The normalized spacial score (nSPS) is 12.2. The number of hydrogen-bond acceptors (Lipinski definition) is 5. The summed E-state index contributed by atoms with van der Waals surface area (Å²) >= 11 is 0. The summed E-state index contributed by atoms with van der Waals surface area (Å²) in [5, 5.41) is 5.04. The Labute approximate surface area is 106 Å². The van der Waals surface area contributed by atoms with Gasteiger partial charge in [0.1, 0.15) is 5.60 Å². The average Bonchev–Trinajstić information content (AvgIpc) is 2.13. The number of benzene rings is 1. The van der Waals surface area contributed by atoms with Gasteiger partial charge in [0, 0.05) is 5.69 Å². The SMILES string of the molecule is CC(C)(C)OC(=O)c1ccc(N)cc1S(N)(=O)=O. The van der Waals surface area contributed by atoms with Gasteiger partial charge in [0.05, 0.1) is 10.5 Å². The molecule has 0 radical (unpaired) electrons. The number of esters is 1. The Morgan fingerprint density at radius 2 is 1.83 bits per heavy atom. The summed E-state index contributed by atoms with van der Waals surface area (Å²) in [6.07, 6.45) is 0. The zero-order chi connectivity index (χ0) is 14.1. The van der Waals surface area contributed by atoms with Gasteiger partial charge in [-0.2, -0.15) is 0 Å². The molecule has 6 nitrogen and oxygen atoms in total. The first-order chi connectivity index (χ1) is 8.00. The Morgan fingerprint density at radius 3 is 2.28 bits per heavy atom. The number of primary sulfonamides is 1. The van der Waals surface area contributed by atoms with E-state index in [4.69, 9.17) is 15.6 Å². The van der Waals surface area contributed by atoms with Crippen LogP contribution in [0.1, 0.15) is 31.1 Å². The number of anilines is 1. The van der Waals surface area contributed by atoms with Crippen molar-refractivity contribution in [1.82, 2.24) is 0 Å². The Kier molecular flexibility index (Phi) is 3.68. The van der Waals surface area contributed by atoms with Crippen molar-refractivity contribution < 1.29 is 17.9 Å². The lowest BCUT2D eigenvalue weighted by Gasteiger charge is -2.20. The summed E-state index contributed by atoms with van der Waals surface area (Å²) in [5.74, 6) is -0.758. The molecule has 0 saturated carbocycles. The van der Waals surface area contributed by atoms with Crippen molar-refractivity contribution in [3.8, 4) is 0 Å². The van der Waals surface area contributed by atoms with Gasteiger partial charge in [0.2, 0.25) is 10.0 Å². The van der Waals surface area contributed by atoms with Crippen LogP contribution in [0.3, 0.4) is 0 Å². The zero-order valence-electron chi connectivity index (χ0n) is 10.4. The molecule has 1 aromatic carbocycles. The lowest BCUT2D eigenvalue weighted by atomic mass is 10.1. The molecule has 18 heavy (non-hydrogen) atoms. The predicted octanol–water partition coefficient (Wildman–Crippen LogP) is 0.872. The van der Waals surface area contributed by atoms with Crippen LogP contribution in [0.25, 0.3) is 0 Å². The van der Waals surface area contributed by atoms with Crippen LogP contribution in [0.15, 0.2) is 23.1 Å². The molecule has 0 aliphatic carbocycles. The van der Waals surface area contributed by atoms with Gasteiger partial charge >= 0.3 is 5.97 Å². The van der Waals surface area contributed by atoms with E-state index >= 15 is 0 Å². The van der Waals surface area contributed by atoms with E-state index in [1.54, 1.807) is 20.8 Å². The van der Waals surface area contributed by atoms with Crippen LogP contribution in [-0.2, 0) is 14.8 Å². The molecule has 1 aromatic rings. The minimum atomic E-state index is -4.04. The fourth-order valence-electron chi connectivity index (χ4n) is 1.28. The Hall–Kier alpha value is -1.60. The predicted molar refractivity (Wildman–Crippen MR) is 67.4 cm³/mol.